The quantitative estimate of drug-likeness (QED) is 0.306. The van der Waals surface area contributed by atoms with Crippen molar-refractivity contribution in [3.63, 3.8) is 0 Å². The van der Waals surface area contributed by atoms with Gasteiger partial charge < -0.3 is 9.47 Å². The van der Waals surface area contributed by atoms with Gasteiger partial charge in [-0.3, -0.25) is 19.8 Å². The Labute approximate surface area is 204 Å². The van der Waals surface area contributed by atoms with E-state index in [4.69, 9.17) is 21.7 Å². The molecule has 0 saturated carbocycles. The Bertz CT molecular complexity index is 1340. The largest absolute Gasteiger partial charge is 0.494 e. The molecule has 3 aromatic carbocycles. The van der Waals surface area contributed by atoms with Gasteiger partial charge in [0, 0.05) is 5.56 Å². The Morgan fingerprint density at radius 3 is 2.38 bits per heavy atom. The van der Waals surface area contributed by atoms with E-state index in [9.17, 15) is 9.59 Å². The van der Waals surface area contributed by atoms with Crippen LogP contribution in [0.2, 0.25) is 0 Å². The second kappa shape index (κ2) is 9.65. The first-order valence-corrected chi connectivity index (χ1v) is 11.6. The molecule has 174 valence electrons. The minimum atomic E-state index is -0.546. The highest BCUT2D eigenvalue weighted by Gasteiger charge is 2.35. The SMILES string of the molecule is CCOc1ccc2ccc(OCC)c(/C=C3\C(=O)NC(=S)N(c4ccc(C)c(C)c4)C3=O)c2c1. The first-order chi connectivity index (χ1) is 16.3. The van der Waals surface area contributed by atoms with Gasteiger partial charge in [-0.25, -0.2) is 0 Å². The van der Waals surface area contributed by atoms with Crippen molar-refractivity contribution in [2.45, 2.75) is 27.7 Å². The lowest BCUT2D eigenvalue weighted by Crippen LogP contribution is -2.54. The third-order valence-corrected chi connectivity index (χ3v) is 6.03. The van der Waals surface area contributed by atoms with Crippen LogP contribution in [0.3, 0.4) is 0 Å². The Morgan fingerprint density at radius 1 is 0.941 bits per heavy atom. The minimum absolute atomic E-state index is 0.0258. The number of anilines is 1. The second-order valence-corrected chi connectivity index (χ2v) is 8.34. The first-order valence-electron chi connectivity index (χ1n) is 11.1. The zero-order valence-electron chi connectivity index (χ0n) is 19.6. The van der Waals surface area contributed by atoms with E-state index in [2.05, 4.69) is 5.32 Å². The number of rotatable bonds is 6. The number of aryl methyl sites for hydroxylation is 2. The summed E-state index contributed by atoms with van der Waals surface area (Å²) in [7, 11) is 0. The van der Waals surface area contributed by atoms with Gasteiger partial charge in [0.1, 0.15) is 17.1 Å². The van der Waals surface area contributed by atoms with Crippen molar-refractivity contribution in [1.82, 2.24) is 5.32 Å². The summed E-state index contributed by atoms with van der Waals surface area (Å²) in [6.45, 7) is 8.72. The lowest BCUT2D eigenvalue weighted by molar-refractivity contribution is -0.122. The van der Waals surface area contributed by atoms with E-state index in [-0.39, 0.29) is 10.7 Å². The predicted molar refractivity (Wildman–Crippen MR) is 138 cm³/mol. The normalized spacial score (nSPS) is 15.1. The number of benzene rings is 3. The molecule has 0 radical (unpaired) electrons. The number of amides is 2. The minimum Gasteiger partial charge on any atom is -0.494 e. The molecular weight excluding hydrogens is 448 g/mol. The second-order valence-electron chi connectivity index (χ2n) is 7.95. The van der Waals surface area contributed by atoms with Gasteiger partial charge in [-0.1, -0.05) is 18.2 Å². The molecule has 1 N–H and O–H groups in total. The van der Waals surface area contributed by atoms with Crippen LogP contribution in [0.15, 0.2) is 54.1 Å². The van der Waals surface area contributed by atoms with E-state index in [1.54, 1.807) is 6.08 Å². The van der Waals surface area contributed by atoms with Crippen molar-refractivity contribution < 1.29 is 19.1 Å². The van der Waals surface area contributed by atoms with E-state index in [0.717, 1.165) is 21.9 Å². The molecule has 1 heterocycles. The number of hydrogen-bond donors (Lipinski definition) is 1. The van der Waals surface area contributed by atoms with Gasteiger partial charge in [0.25, 0.3) is 11.8 Å². The summed E-state index contributed by atoms with van der Waals surface area (Å²) in [5, 5.41) is 4.46. The standard InChI is InChI=1S/C27H26N2O4S/c1-5-32-20-11-8-18-9-12-24(33-6-2)22(21(18)14-20)15-23-25(30)28-27(34)29(26(23)31)19-10-7-16(3)17(4)13-19/h7-15H,5-6H2,1-4H3,(H,28,30,34)/b23-15+. The Morgan fingerprint density at radius 2 is 1.68 bits per heavy atom. The lowest BCUT2D eigenvalue weighted by Gasteiger charge is -2.29. The van der Waals surface area contributed by atoms with Crippen molar-refractivity contribution in [3.05, 3.63) is 70.8 Å². The lowest BCUT2D eigenvalue weighted by atomic mass is 9.99. The number of nitrogens with zero attached hydrogens (tertiary/aromatic N) is 1. The molecule has 0 aromatic heterocycles. The zero-order chi connectivity index (χ0) is 24.4. The monoisotopic (exact) mass is 474 g/mol. The predicted octanol–water partition coefficient (Wildman–Crippen LogP) is 5.09. The van der Waals surface area contributed by atoms with Crippen molar-refractivity contribution in [2.24, 2.45) is 0 Å². The first kappa shape index (κ1) is 23.4. The number of ether oxygens (including phenoxy) is 2. The van der Waals surface area contributed by atoms with Crippen LogP contribution in [-0.2, 0) is 9.59 Å². The molecule has 0 atom stereocenters. The number of carbonyl (C=O) groups excluding carboxylic acids is 2. The van der Waals surface area contributed by atoms with Gasteiger partial charge in [0.05, 0.1) is 18.9 Å². The molecule has 0 unspecified atom stereocenters. The molecule has 1 fully saturated rings. The number of carbonyl (C=O) groups is 2. The van der Waals surface area contributed by atoms with Gasteiger partial charge in [0.2, 0.25) is 0 Å². The van der Waals surface area contributed by atoms with Crippen LogP contribution in [0, 0.1) is 13.8 Å². The van der Waals surface area contributed by atoms with Crippen LogP contribution < -0.4 is 19.7 Å². The van der Waals surface area contributed by atoms with E-state index in [1.807, 2.05) is 76.2 Å². The number of thiocarbonyl (C=S) groups is 1. The third-order valence-electron chi connectivity index (χ3n) is 5.74. The molecule has 0 spiro atoms. The number of nitrogens with one attached hydrogen (secondary N) is 1. The Kier molecular flexibility index (Phi) is 6.65. The maximum atomic E-state index is 13.6. The van der Waals surface area contributed by atoms with Crippen LogP contribution in [0.1, 0.15) is 30.5 Å². The molecule has 34 heavy (non-hydrogen) atoms. The summed E-state index contributed by atoms with van der Waals surface area (Å²) in [6.07, 6.45) is 1.58. The summed E-state index contributed by atoms with van der Waals surface area (Å²) < 4.78 is 11.5. The molecule has 6 nitrogen and oxygen atoms in total. The van der Waals surface area contributed by atoms with Crippen molar-refractivity contribution in [3.8, 4) is 11.5 Å². The molecule has 1 aliphatic heterocycles. The number of fused-ring (bicyclic) bond motifs is 1. The van der Waals surface area contributed by atoms with Crippen LogP contribution >= 0.6 is 12.2 Å². The van der Waals surface area contributed by atoms with Gasteiger partial charge in [-0.15, -0.1) is 0 Å². The Hall–Kier alpha value is -3.71. The summed E-state index contributed by atoms with van der Waals surface area (Å²) in [5.41, 5.74) is 3.33. The van der Waals surface area contributed by atoms with E-state index < -0.39 is 11.8 Å². The van der Waals surface area contributed by atoms with Gasteiger partial charge >= 0.3 is 0 Å². The van der Waals surface area contributed by atoms with Crippen LogP contribution in [0.25, 0.3) is 16.8 Å². The molecular formula is C27H26N2O4S. The molecule has 3 aromatic rings. The molecule has 1 saturated heterocycles. The van der Waals surface area contributed by atoms with E-state index >= 15 is 0 Å². The Balaban J connectivity index is 1.88. The number of hydrogen-bond acceptors (Lipinski definition) is 5. The summed E-state index contributed by atoms with van der Waals surface area (Å²) in [6, 6.07) is 15.1. The van der Waals surface area contributed by atoms with Crippen LogP contribution in [-0.4, -0.2) is 30.1 Å². The van der Waals surface area contributed by atoms with E-state index in [1.165, 1.54) is 4.90 Å². The fourth-order valence-electron chi connectivity index (χ4n) is 3.89. The maximum absolute atomic E-state index is 13.6. The van der Waals surface area contributed by atoms with Gasteiger partial charge in [-0.2, -0.15) is 0 Å². The summed E-state index contributed by atoms with van der Waals surface area (Å²) in [5.74, 6) is 0.233. The molecule has 2 amide bonds. The van der Waals surface area contributed by atoms with E-state index in [0.29, 0.717) is 36.0 Å². The topological polar surface area (TPSA) is 67.9 Å². The van der Waals surface area contributed by atoms with Crippen molar-refractivity contribution in [2.75, 3.05) is 18.1 Å². The summed E-state index contributed by atoms with van der Waals surface area (Å²) >= 11 is 5.35. The molecule has 0 bridgehead atoms. The smallest absolute Gasteiger partial charge is 0.270 e. The van der Waals surface area contributed by atoms with Crippen molar-refractivity contribution >= 4 is 51.7 Å². The van der Waals surface area contributed by atoms with Gasteiger partial charge in [0.15, 0.2) is 5.11 Å². The average molecular weight is 475 g/mol. The average Bonchev–Trinajstić information content (AvgIpc) is 2.80. The third kappa shape index (κ3) is 4.39. The molecule has 7 heteroatoms. The highest BCUT2D eigenvalue weighted by molar-refractivity contribution is 7.80. The fourth-order valence-corrected chi connectivity index (χ4v) is 4.17. The van der Waals surface area contributed by atoms with Crippen LogP contribution in [0.5, 0.6) is 11.5 Å². The molecule has 1 aliphatic rings. The van der Waals surface area contributed by atoms with Gasteiger partial charge in [-0.05, 0) is 98.2 Å². The molecule has 0 aliphatic carbocycles. The molecule has 4 rings (SSSR count). The fraction of sp³-hybridized carbons (Fsp3) is 0.222. The van der Waals surface area contributed by atoms with Crippen molar-refractivity contribution in [1.29, 1.82) is 0 Å². The maximum Gasteiger partial charge on any atom is 0.270 e. The zero-order valence-corrected chi connectivity index (χ0v) is 20.4. The highest BCUT2D eigenvalue weighted by atomic mass is 32.1. The highest BCUT2D eigenvalue weighted by Crippen LogP contribution is 2.34. The van der Waals surface area contributed by atoms with Crippen LogP contribution in [0.4, 0.5) is 5.69 Å². The summed E-state index contributed by atoms with van der Waals surface area (Å²) in [4.78, 5) is 27.8.